The molecule has 2 nitrogen and oxygen atoms in total. The fraction of sp³-hybridized carbons (Fsp3) is 0.364. The number of nitrogens with zero attached hydrogens (tertiary/aromatic N) is 1. The van der Waals surface area contributed by atoms with Crippen LogP contribution in [0.25, 0.3) is 6.08 Å². The van der Waals surface area contributed by atoms with Crippen LogP contribution < -0.4 is 4.74 Å². The second-order valence-corrected chi connectivity index (χ2v) is 2.90. The third-order valence-corrected chi connectivity index (χ3v) is 2.09. The van der Waals surface area contributed by atoms with Crippen molar-refractivity contribution in [2.45, 2.75) is 20.3 Å². The summed E-state index contributed by atoms with van der Waals surface area (Å²) >= 11 is 0. The number of hydrogen-bond acceptors (Lipinski definition) is 2. The molecule has 0 saturated carbocycles. The minimum absolute atomic E-state index is 0.916. The standard InChI is InChI=1S/C11H15NO/c1-5-9-10(6-2)12-7-8(3)11(9)13-4/h6-7H,2,5H2,1,3-4H3. The molecule has 1 rings (SSSR count). The molecule has 1 aromatic rings. The van der Waals surface area contributed by atoms with Gasteiger partial charge in [-0.25, -0.2) is 0 Å². The molecule has 0 amide bonds. The Hall–Kier alpha value is -1.31. The second kappa shape index (κ2) is 4.08. The first-order valence-electron chi connectivity index (χ1n) is 4.39. The van der Waals surface area contributed by atoms with Gasteiger partial charge in [0, 0.05) is 17.3 Å². The van der Waals surface area contributed by atoms with E-state index in [4.69, 9.17) is 4.74 Å². The lowest BCUT2D eigenvalue weighted by Crippen LogP contribution is -1.98. The van der Waals surface area contributed by atoms with Crippen molar-refractivity contribution in [3.63, 3.8) is 0 Å². The summed E-state index contributed by atoms with van der Waals surface area (Å²) in [6.45, 7) is 7.81. The molecular weight excluding hydrogens is 162 g/mol. The molecule has 0 unspecified atom stereocenters. The van der Waals surface area contributed by atoms with Crippen LogP contribution in [0, 0.1) is 6.92 Å². The molecule has 0 bridgehead atoms. The molecule has 0 N–H and O–H groups in total. The summed E-state index contributed by atoms with van der Waals surface area (Å²) < 4.78 is 5.32. The molecule has 0 saturated heterocycles. The van der Waals surface area contributed by atoms with Gasteiger partial charge in [-0.2, -0.15) is 0 Å². The highest BCUT2D eigenvalue weighted by molar-refractivity contribution is 5.54. The fourth-order valence-electron chi connectivity index (χ4n) is 1.46. The van der Waals surface area contributed by atoms with E-state index >= 15 is 0 Å². The van der Waals surface area contributed by atoms with Crippen LogP contribution >= 0.6 is 0 Å². The van der Waals surface area contributed by atoms with E-state index in [2.05, 4.69) is 18.5 Å². The lowest BCUT2D eigenvalue weighted by atomic mass is 10.1. The first kappa shape index (κ1) is 9.78. The molecule has 1 heterocycles. The van der Waals surface area contributed by atoms with Gasteiger partial charge in [-0.1, -0.05) is 13.5 Å². The average molecular weight is 177 g/mol. The van der Waals surface area contributed by atoms with Crippen molar-refractivity contribution in [3.8, 4) is 5.75 Å². The highest BCUT2D eigenvalue weighted by atomic mass is 16.5. The molecular formula is C11H15NO. The van der Waals surface area contributed by atoms with Crippen LogP contribution in [0.15, 0.2) is 12.8 Å². The van der Waals surface area contributed by atoms with Gasteiger partial charge in [0.2, 0.25) is 0 Å². The topological polar surface area (TPSA) is 22.1 Å². The van der Waals surface area contributed by atoms with Crippen LogP contribution in [0.3, 0.4) is 0 Å². The van der Waals surface area contributed by atoms with E-state index in [1.54, 1.807) is 13.2 Å². The van der Waals surface area contributed by atoms with Gasteiger partial charge in [0.15, 0.2) is 0 Å². The predicted molar refractivity (Wildman–Crippen MR) is 55.0 cm³/mol. The second-order valence-electron chi connectivity index (χ2n) is 2.90. The Kier molecular flexibility index (Phi) is 3.07. The highest BCUT2D eigenvalue weighted by Gasteiger charge is 2.08. The first-order chi connectivity index (χ1) is 6.24. The van der Waals surface area contributed by atoms with Crippen molar-refractivity contribution < 1.29 is 4.74 Å². The maximum Gasteiger partial charge on any atom is 0.128 e. The fourth-order valence-corrected chi connectivity index (χ4v) is 1.46. The predicted octanol–water partition coefficient (Wildman–Crippen LogP) is 2.60. The summed E-state index contributed by atoms with van der Waals surface area (Å²) in [4.78, 5) is 4.28. The summed E-state index contributed by atoms with van der Waals surface area (Å²) in [5, 5.41) is 0. The number of methoxy groups -OCH3 is 1. The minimum Gasteiger partial charge on any atom is -0.496 e. The van der Waals surface area contributed by atoms with Gasteiger partial charge in [-0.05, 0) is 19.4 Å². The van der Waals surface area contributed by atoms with Crippen LogP contribution in [0.2, 0.25) is 0 Å². The molecule has 1 aromatic heterocycles. The molecule has 0 fully saturated rings. The van der Waals surface area contributed by atoms with Crippen LogP contribution in [0.1, 0.15) is 23.7 Å². The van der Waals surface area contributed by atoms with Crippen molar-refractivity contribution >= 4 is 6.08 Å². The van der Waals surface area contributed by atoms with Crippen molar-refractivity contribution in [2.75, 3.05) is 7.11 Å². The quantitative estimate of drug-likeness (QED) is 0.708. The first-order valence-corrected chi connectivity index (χ1v) is 4.39. The number of ether oxygens (including phenoxy) is 1. The Bertz CT molecular complexity index is 318. The van der Waals surface area contributed by atoms with E-state index < -0.39 is 0 Å². The van der Waals surface area contributed by atoms with Crippen molar-refractivity contribution in [1.29, 1.82) is 0 Å². The van der Waals surface area contributed by atoms with E-state index in [0.29, 0.717) is 0 Å². The Labute approximate surface area is 79.3 Å². The number of pyridine rings is 1. The summed E-state index contributed by atoms with van der Waals surface area (Å²) in [5.41, 5.74) is 3.13. The van der Waals surface area contributed by atoms with Gasteiger partial charge in [0.05, 0.1) is 12.8 Å². The van der Waals surface area contributed by atoms with Gasteiger partial charge in [-0.15, -0.1) is 0 Å². The van der Waals surface area contributed by atoms with Gasteiger partial charge in [0.25, 0.3) is 0 Å². The summed E-state index contributed by atoms with van der Waals surface area (Å²) in [6.07, 6.45) is 4.50. The van der Waals surface area contributed by atoms with E-state index in [1.807, 2.05) is 13.1 Å². The lowest BCUT2D eigenvalue weighted by Gasteiger charge is -2.11. The van der Waals surface area contributed by atoms with E-state index in [1.165, 1.54) is 0 Å². The maximum absolute atomic E-state index is 5.32. The number of hydrogen-bond donors (Lipinski definition) is 0. The zero-order valence-electron chi connectivity index (χ0n) is 8.42. The van der Waals surface area contributed by atoms with E-state index in [9.17, 15) is 0 Å². The van der Waals surface area contributed by atoms with Gasteiger partial charge >= 0.3 is 0 Å². The molecule has 2 heteroatoms. The van der Waals surface area contributed by atoms with Gasteiger partial charge < -0.3 is 4.74 Å². The molecule has 13 heavy (non-hydrogen) atoms. The summed E-state index contributed by atoms with van der Waals surface area (Å²) in [7, 11) is 1.69. The highest BCUT2D eigenvalue weighted by Crippen LogP contribution is 2.25. The Balaban J connectivity index is 3.35. The third-order valence-electron chi connectivity index (χ3n) is 2.09. The molecule has 0 radical (unpaired) electrons. The molecule has 0 aliphatic rings. The molecule has 0 atom stereocenters. The molecule has 0 aromatic carbocycles. The number of rotatable bonds is 3. The largest absolute Gasteiger partial charge is 0.496 e. The smallest absolute Gasteiger partial charge is 0.128 e. The van der Waals surface area contributed by atoms with Crippen molar-refractivity contribution in [1.82, 2.24) is 4.98 Å². The van der Waals surface area contributed by atoms with Gasteiger partial charge in [-0.3, -0.25) is 4.98 Å². The normalized spacial score (nSPS) is 9.77. The van der Waals surface area contributed by atoms with Crippen molar-refractivity contribution in [3.05, 3.63) is 29.6 Å². The lowest BCUT2D eigenvalue weighted by molar-refractivity contribution is 0.406. The van der Waals surface area contributed by atoms with Crippen LogP contribution in [0.4, 0.5) is 0 Å². The molecule has 0 aliphatic heterocycles. The number of aryl methyl sites for hydroxylation is 1. The zero-order valence-corrected chi connectivity index (χ0v) is 8.42. The monoisotopic (exact) mass is 177 g/mol. The van der Waals surface area contributed by atoms with Gasteiger partial charge in [0.1, 0.15) is 5.75 Å². The summed E-state index contributed by atoms with van der Waals surface area (Å²) in [5.74, 6) is 0.937. The molecule has 0 spiro atoms. The SMILES string of the molecule is C=Cc1ncc(C)c(OC)c1CC. The minimum atomic E-state index is 0.916. The van der Waals surface area contributed by atoms with E-state index in [0.717, 1.165) is 29.0 Å². The van der Waals surface area contributed by atoms with Crippen LogP contribution in [-0.4, -0.2) is 12.1 Å². The Morgan fingerprint density at radius 1 is 1.62 bits per heavy atom. The summed E-state index contributed by atoms with van der Waals surface area (Å²) in [6, 6.07) is 0. The van der Waals surface area contributed by atoms with E-state index in [-0.39, 0.29) is 0 Å². The average Bonchev–Trinajstić information content (AvgIpc) is 2.17. The maximum atomic E-state index is 5.32. The Morgan fingerprint density at radius 3 is 2.77 bits per heavy atom. The van der Waals surface area contributed by atoms with Crippen LogP contribution in [-0.2, 0) is 6.42 Å². The third kappa shape index (κ3) is 1.72. The number of aromatic nitrogens is 1. The Morgan fingerprint density at radius 2 is 2.31 bits per heavy atom. The molecule has 70 valence electrons. The van der Waals surface area contributed by atoms with Crippen molar-refractivity contribution in [2.24, 2.45) is 0 Å². The zero-order chi connectivity index (χ0) is 9.84. The molecule has 0 aliphatic carbocycles. The van der Waals surface area contributed by atoms with Crippen LogP contribution in [0.5, 0.6) is 5.75 Å².